The highest BCUT2D eigenvalue weighted by atomic mass is 32.1. The minimum atomic E-state index is 0.697. The molecule has 0 bridgehead atoms. The Bertz CT molecular complexity index is 649. The largest absolute Gasteiger partial charge is 0.356 e. The maximum atomic E-state index is 4.78. The SMILES string of the molecule is CCCCC(CC)CNC(=NCc1cccs1)NCCn1cnnc1CC. The summed E-state index contributed by atoms with van der Waals surface area (Å²) >= 11 is 1.75. The normalized spacial score (nSPS) is 12.9. The summed E-state index contributed by atoms with van der Waals surface area (Å²) in [6.07, 6.45) is 7.72. The first-order valence-electron chi connectivity index (χ1n) is 10.2. The first-order valence-corrected chi connectivity index (χ1v) is 11.1. The molecule has 0 amide bonds. The van der Waals surface area contributed by atoms with Gasteiger partial charge < -0.3 is 15.2 Å². The molecule has 1 unspecified atom stereocenters. The van der Waals surface area contributed by atoms with E-state index in [2.05, 4.69) is 63.7 Å². The zero-order chi connectivity index (χ0) is 19.3. The fourth-order valence-electron chi connectivity index (χ4n) is 2.95. The number of hydrogen-bond acceptors (Lipinski definition) is 4. The third-order valence-corrected chi connectivity index (χ3v) is 5.59. The summed E-state index contributed by atoms with van der Waals surface area (Å²) in [5.41, 5.74) is 0. The lowest BCUT2D eigenvalue weighted by Crippen LogP contribution is -2.41. The van der Waals surface area contributed by atoms with Crippen LogP contribution in [-0.2, 0) is 19.5 Å². The molecule has 0 aromatic carbocycles. The van der Waals surface area contributed by atoms with Gasteiger partial charge in [0.05, 0.1) is 6.54 Å². The third-order valence-electron chi connectivity index (χ3n) is 4.73. The Morgan fingerprint density at radius 2 is 2.19 bits per heavy atom. The molecule has 0 saturated heterocycles. The summed E-state index contributed by atoms with van der Waals surface area (Å²) in [5, 5.41) is 17.3. The highest BCUT2D eigenvalue weighted by molar-refractivity contribution is 7.09. The minimum absolute atomic E-state index is 0.697. The number of guanidine groups is 1. The van der Waals surface area contributed by atoms with Crippen molar-refractivity contribution in [3.8, 4) is 0 Å². The number of nitrogens with one attached hydrogen (secondary N) is 2. The van der Waals surface area contributed by atoms with Gasteiger partial charge in [0.1, 0.15) is 12.2 Å². The quantitative estimate of drug-likeness (QED) is 0.427. The number of unbranched alkanes of at least 4 members (excludes halogenated alkanes) is 1. The number of thiophene rings is 1. The van der Waals surface area contributed by atoms with Crippen molar-refractivity contribution in [2.24, 2.45) is 10.9 Å². The van der Waals surface area contributed by atoms with Gasteiger partial charge in [0.25, 0.3) is 0 Å². The second kappa shape index (κ2) is 12.5. The predicted octanol–water partition coefficient (Wildman–Crippen LogP) is 3.85. The molecule has 0 radical (unpaired) electrons. The van der Waals surface area contributed by atoms with Crippen LogP contribution < -0.4 is 10.6 Å². The van der Waals surface area contributed by atoms with Crippen LogP contribution in [0.4, 0.5) is 0 Å². The van der Waals surface area contributed by atoms with E-state index in [1.54, 1.807) is 17.7 Å². The van der Waals surface area contributed by atoms with Gasteiger partial charge in [0.2, 0.25) is 0 Å². The molecular formula is C20H34N6S. The molecule has 6 nitrogen and oxygen atoms in total. The van der Waals surface area contributed by atoms with E-state index in [1.807, 2.05) is 0 Å². The van der Waals surface area contributed by atoms with Crippen molar-refractivity contribution in [3.63, 3.8) is 0 Å². The molecule has 150 valence electrons. The van der Waals surface area contributed by atoms with E-state index in [4.69, 9.17) is 4.99 Å². The zero-order valence-corrected chi connectivity index (χ0v) is 17.8. The van der Waals surface area contributed by atoms with Crippen molar-refractivity contribution in [2.45, 2.75) is 66.0 Å². The van der Waals surface area contributed by atoms with Crippen LogP contribution in [-0.4, -0.2) is 33.8 Å². The van der Waals surface area contributed by atoms with Gasteiger partial charge in [-0.3, -0.25) is 0 Å². The Morgan fingerprint density at radius 3 is 2.89 bits per heavy atom. The van der Waals surface area contributed by atoms with Crippen LogP contribution in [0.3, 0.4) is 0 Å². The molecule has 1 atom stereocenters. The molecule has 0 aliphatic carbocycles. The standard InChI is InChI=1S/C20H34N6S/c1-4-7-9-17(5-2)14-22-20(23-15-18-10-8-13-27-18)21-11-12-26-16-24-25-19(26)6-3/h8,10,13,16-17H,4-7,9,11-12,14-15H2,1-3H3,(H2,21,22,23). The molecule has 27 heavy (non-hydrogen) atoms. The van der Waals surface area contributed by atoms with E-state index in [9.17, 15) is 0 Å². The van der Waals surface area contributed by atoms with Crippen LogP contribution in [0.15, 0.2) is 28.8 Å². The van der Waals surface area contributed by atoms with Crippen molar-refractivity contribution in [1.29, 1.82) is 0 Å². The van der Waals surface area contributed by atoms with Gasteiger partial charge in [-0.1, -0.05) is 46.1 Å². The van der Waals surface area contributed by atoms with Crippen molar-refractivity contribution in [1.82, 2.24) is 25.4 Å². The monoisotopic (exact) mass is 390 g/mol. The van der Waals surface area contributed by atoms with Gasteiger partial charge in [-0.25, -0.2) is 4.99 Å². The maximum absolute atomic E-state index is 4.78. The van der Waals surface area contributed by atoms with Crippen LogP contribution in [0.2, 0.25) is 0 Å². The number of aryl methyl sites for hydroxylation is 1. The number of aromatic nitrogens is 3. The Balaban J connectivity index is 1.89. The summed E-state index contributed by atoms with van der Waals surface area (Å²) in [4.78, 5) is 6.06. The molecule has 0 saturated carbocycles. The number of hydrogen-bond donors (Lipinski definition) is 2. The molecule has 2 aromatic heterocycles. The summed E-state index contributed by atoms with van der Waals surface area (Å²) in [7, 11) is 0. The molecule has 2 aromatic rings. The van der Waals surface area contributed by atoms with Crippen LogP contribution >= 0.6 is 11.3 Å². The third kappa shape index (κ3) is 7.71. The Morgan fingerprint density at radius 1 is 1.30 bits per heavy atom. The summed E-state index contributed by atoms with van der Waals surface area (Å²) < 4.78 is 2.10. The fraction of sp³-hybridized carbons (Fsp3) is 0.650. The first kappa shape index (κ1) is 21.4. The van der Waals surface area contributed by atoms with Crippen molar-refractivity contribution >= 4 is 17.3 Å². The van der Waals surface area contributed by atoms with Gasteiger partial charge in [-0.15, -0.1) is 21.5 Å². The highest BCUT2D eigenvalue weighted by Gasteiger charge is 2.08. The van der Waals surface area contributed by atoms with Crippen LogP contribution in [0, 0.1) is 5.92 Å². The fourth-order valence-corrected chi connectivity index (χ4v) is 3.58. The summed E-state index contributed by atoms with van der Waals surface area (Å²) in [5.74, 6) is 2.61. The van der Waals surface area contributed by atoms with Crippen molar-refractivity contribution in [2.75, 3.05) is 13.1 Å². The van der Waals surface area contributed by atoms with Crippen molar-refractivity contribution in [3.05, 3.63) is 34.5 Å². The zero-order valence-electron chi connectivity index (χ0n) is 16.9. The lowest BCUT2D eigenvalue weighted by molar-refractivity contribution is 0.443. The van der Waals surface area contributed by atoms with Crippen LogP contribution in [0.1, 0.15) is 57.2 Å². The molecule has 2 rings (SSSR count). The predicted molar refractivity (Wildman–Crippen MR) is 114 cm³/mol. The van der Waals surface area contributed by atoms with E-state index >= 15 is 0 Å². The van der Waals surface area contributed by atoms with Gasteiger partial charge in [0, 0.05) is 30.9 Å². The summed E-state index contributed by atoms with van der Waals surface area (Å²) in [6.45, 7) is 9.95. The van der Waals surface area contributed by atoms with E-state index in [1.165, 1.54) is 30.6 Å². The lowest BCUT2D eigenvalue weighted by Gasteiger charge is -2.18. The van der Waals surface area contributed by atoms with E-state index in [0.29, 0.717) is 12.5 Å². The average Bonchev–Trinajstić information content (AvgIpc) is 3.37. The molecule has 0 spiro atoms. The van der Waals surface area contributed by atoms with E-state index in [-0.39, 0.29) is 0 Å². The van der Waals surface area contributed by atoms with Gasteiger partial charge in [-0.2, -0.15) is 0 Å². The van der Waals surface area contributed by atoms with Gasteiger partial charge in [-0.05, 0) is 23.8 Å². The molecule has 0 aliphatic heterocycles. The molecule has 0 aliphatic rings. The molecule has 7 heteroatoms. The average molecular weight is 391 g/mol. The lowest BCUT2D eigenvalue weighted by atomic mass is 9.99. The summed E-state index contributed by atoms with van der Waals surface area (Å²) in [6, 6.07) is 4.21. The number of aliphatic imine (C=N–C) groups is 1. The van der Waals surface area contributed by atoms with Crippen molar-refractivity contribution < 1.29 is 0 Å². The van der Waals surface area contributed by atoms with Gasteiger partial charge in [0.15, 0.2) is 5.96 Å². The Labute approximate surface area is 167 Å². The Kier molecular flexibility index (Phi) is 9.90. The van der Waals surface area contributed by atoms with E-state index < -0.39 is 0 Å². The second-order valence-corrected chi connectivity index (χ2v) is 7.79. The molecule has 2 heterocycles. The first-order chi connectivity index (χ1) is 13.3. The maximum Gasteiger partial charge on any atom is 0.191 e. The topological polar surface area (TPSA) is 67.1 Å². The molecule has 2 N–H and O–H groups in total. The van der Waals surface area contributed by atoms with Crippen LogP contribution in [0.5, 0.6) is 0 Å². The second-order valence-electron chi connectivity index (χ2n) is 6.76. The molecular weight excluding hydrogens is 356 g/mol. The number of nitrogens with zero attached hydrogens (tertiary/aromatic N) is 4. The van der Waals surface area contributed by atoms with Crippen LogP contribution in [0.25, 0.3) is 0 Å². The smallest absolute Gasteiger partial charge is 0.191 e. The molecule has 0 fully saturated rings. The van der Waals surface area contributed by atoms with E-state index in [0.717, 1.165) is 37.8 Å². The van der Waals surface area contributed by atoms with Gasteiger partial charge >= 0.3 is 0 Å². The highest BCUT2D eigenvalue weighted by Crippen LogP contribution is 2.12. The number of rotatable bonds is 12. The minimum Gasteiger partial charge on any atom is -0.356 e. The Hall–Kier alpha value is -1.89.